The van der Waals surface area contributed by atoms with Crippen LogP contribution in [0.4, 0.5) is 9.18 Å². The number of hydrogen-bond acceptors (Lipinski definition) is 2. The third kappa shape index (κ3) is 3.14. The van der Waals surface area contributed by atoms with Crippen LogP contribution in [0.15, 0.2) is 16.6 Å². The summed E-state index contributed by atoms with van der Waals surface area (Å²) in [5, 5.41) is 0. The van der Waals surface area contributed by atoms with Crippen molar-refractivity contribution < 1.29 is 13.9 Å². The van der Waals surface area contributed by atoms with Gasteiger partial charge >= 0.3 is 6.09 Å². The first-order valence-corrected chi connectivity index (χ1v) is 7.46. The molecule has 1 heterocycles. The molecule has 1 aromatic rings. The molecule has 0 aliphatic carbocycles. The number of halogens is 2. The van der Waals surface area contributed by atoms with E-state index in [2.05, 4.69) is 15.9 Å². The monoisotopic (exact) mass is 343 g/mol. The summed E-state index contributed by atoms with van der Waals surface area (Å²) in [4.78, 5) is 13.8. The first kappa shape index (κ1) is 15.3. The number of fused-ring (bicyclic) bond motifs is 1. The van der Waals surface area contributed by atoms with E-state index in [1.54, 1.807) is 11.0 Å². The van der Waals surface area contributed by atoms with Gasteiger partial charge < -0.3 is 9.64 Å². The smallest absolute Gasteiger partial charge is 0.410 e. The molecule has 110 valence electrons. The van der Waals surface area contributed by atoms with Crippen LogP contribution >= 0.6 is 15.9 Å². The van der Waals surface area contributed by atoms with Crippen LogP contribution in [-0.4, -0.2) is 23.1 Å². The number of hydrogen-bond donors (Lipinski definition) is 0. The zero-order valence-corrected chi connectivity index (χ0v) is 13.8. The van der Waals surface area contributed by atoms with Crippen LogP contribution in [0.5, 0.6) is 0 Å². The zero-order chi connectivity index (χ0) is 15.1. The lowest BCUT2D eigenvalue weighted by molar-refractivity contribution is 0.0159. The Hall–Kier alpha value is -1.10. The van der Waals surface area contributed by atoms with E-state index in [9.17, 15) is 9.18 Å². The number of ether oxygens (including phenoxy) is 1. The van der Waals surface area contributed by atoms with E-state index in [-0.39, 0.29) is 18.0 Å². The van der Waals surface area contributed by atoms with Crippen molar-refractivity contribution in [3.8, 4) is 0 Å². The Morgan fingerprint density at radius 1 is 1.45 bits per heavy atom. The van der Waals surface area contributed by atoms with Crippen LogP contribution < -0.4 is 0 Å². The van der Waals surface area contributed by atoms with E-state index in [1.807, 2.05) is 27.7 Å². The molecular weight excluding hydrogens is 325 g/mol. The summed E-state index contributed by atoms with van der Waals surface area (Å²) in [5.74, 6) is -0.304. The van der Waals surface area contributed by atoms with Crippen molar-refractivity contribution in [1.29, 1.82) is 0 Å². The van der Waals surface area contributed by atoms with Crippen molar-refractivity contribution in [2.24, 2.45) is 0 Å². The van der Waals surface area contributed by atoms with E-state index in [4.69, 9.17) is 4.74 Å². The molecule has 0 N–H and O–H groups in total. The van der Waals surface area contributed by atoms with Crippen molar-refractivity contribution in [2.75, 3.05) is 6.54 Å². The Labute approximate surface area is 127 Å². The van der Waals surface area contributed by atoms with E-state index in [0.717, 1.165) is 11.1 Å². The average molecular weight is 344 g/mol. The highest BCUT2D eigenvalue weighted by Gasteiger charge is 2.31. The maximum atomic E-state index is 13.7. The highest BCUT2D eigenvalue weighted by molar-refractivity contribution is 9.10. The van der Waals surface area contributed by atoms with Crippen LogP contribution in [-0.2, 0) is 11.2 Å². The first-order chi connectivity index (χ1) is 9.19. The summed E-state index contributed by atoms with van der Waals surface area (Å²) in [6.45, 7) is 8.00. The molecule has 0 fully saturated rings. The molecule has 0 spiro atoms. The molecule has 0 radical (unpaired) electrons. The van der Waals surface area contributed by atoms with Gasteiger partial charge in [-0.3, -0.25) is 0 Å². The van der Waals surface area contributed by atoms with Gasteiger partial charge in [0, 0.05) is 6.54 Å². The third-order valence-corrected chi connectivity index (χ3v) is 3.96. The van der Waals surface area contributed by atoms with Gasteiger partial charge in [0.25, 0.3) is 0 Å². The van der Waals surface area contributed by atoms with Crippen LogP contribution in [0.1, 0.15) is 44.9 Å². The van der Waals surface area contributed by atoms with Gasteiger partial charge in [-0.15, -0.1) is 0 Å². The van der Waals surface area contributed by atoms with E-state index in [0.29, 0.717) is 17.4 Å². The maximum absolute atomic E-state index is 13.7. The predicted molar refractivity (Wildman–Crippen MR) is 79.2 cm³/mol. The number of amides is 1. The molecule has 2 rings (SSSR count). The topological polar surface area (TPSA) is 29.5 Å². The Bertz CT molecular complexity index is 539. The van der Waals surface area contributed by atoms with Crippen LogP contribution in [0.2, 0.25) is 0 Å². The van der Waals surface area contributed by atoms with Gasteiger partial charge in [-0.2, -0.15) is 0 Å². The van der Waals surface area contributed by atoms with Gasteiger partial charge in [-0.1, -0.05) is 0 Å². The van der Waals surface area contributed by atoms with Crippen LogP contribution in [0.3, 0.4) is 0 Å². The summed E-state index contributed by atoms with van der Waals surface area (Å²) >= 11 is 3.20. The molecule has 20 heavy (non-hydrogen) atoms. The average Bonchev–Trinajstić information content (AvgIpc) is 2.30. The van der Waals surface area contributed by atoms with Gasteiger partial charge in [0.15, 0.2) is 0 Å². The fourth-order valence-corrected chi connectivity index (χ4v) is 2.77. The minimum atomic E-state index is -0.526. The molecule has 1 unspecified atom stereocenters. The lowest BCUT2D eigenvalue weighted by atomic mass is 9.94. The SMILES string of the molecule is CC1c2cc(F)c(Br)cc2CCN1C(=O)OC(C)(C)C. The zero-order valence-electron chi connectivity index (χ0n) is 12.2. The van der Waals surface area contributed by atoms with E-state index >= 15 is 0 Å². The lowest BCUT2D eigenvalue weighted by Gasteiger charge is -2.36. The molecule has 1 atom stereocenters. The number of benzene rings is 1. The Kier molecular flexibility index (Phi) is 4.09. The second-order valence-electron chi connectivity index (χ2n) is 6.06. The van der Waals surface area contributed by atoms with Gasteiger partial charge in [0.2, 0.25) is 0 Å². The summed E-state index contributed by atoms with van der Waals surface area (Å²) in [5.41, 5.74) is 1.40. The highest BCUT2D eigenvalue weighted by atomic mass is 79.9. The second-order valence-corrected chi connectivity index (χ2v) is 6.92. The van der Waals surface area contributed by atoms with Gasteiger partial charge in [-0.05, 0) is 73.3 Å². The lowest BCUT2D eigenvalue weighted by Crippen LogP contribution is -2.42. The Morgan fingerprint density at radius 2 is 2.10 bits per heavy atom. The van der Waals surface area contributed by atoms with E-state index in [1.165, 1.54) is 6.07 Å². The normalized spacial score (nSPS) is 18.7. The van der Waals surface area contributed by atoms with E-state index < -0.39 is 5.60 Å². The van der Waals surface area contributed by atoms with Crippen LogP contribution in [0.25, 0.3) is 0 Å². The molecule has 0 saturated heterocycles. The van der Waals surface area contributed by atoms with Crippen molar-refractivity contribution in [1.82, 2.24) is 4.90 Å². The number of carbonyl (C=O) groups is 1. The number of carbonyl (C=O) groups excluding carboxylic acids is 1. The minimum absolute atomic E-state index is 0.184. The van der Waals surface area contributed by atoms with Crippen molar-refractivity contribution in [2.45, 2.75) is 45.8 Å². The van der Waals surface area contributed by atoms with Gasteiger partial charge in [0.05, 0.1) is 10.5 Å². The van der Waals surface area contributed by atoms with Gasteiger partial charge in [0.1, 0.15) is 11.4 Å². The fraction of sp³-hybridized carbons (Fsp3) is 0.533. The van der Waals surface area contributed by atoms with Crippen molar-refractivity contribution in [3.63, 3.8) is 0 Å². The molecule has 0 saturated carbocycles. The predicted octanol–water partition coefficient (Wildman–Crippen LogP) is 4.44. The summed E-state index contributed by atoms with van der Waals surface area (Å²) < 4.78 is 19.6. The van der Waals surface area contributed by atoms with Crippen LogP contribution in [0, 0.1) is 5.82 Å². The quantitative estimate of drug-likeness (QED) is 0.696. The largest absolute Gasteiger partial charge is 0.444 e. The highest BCUT2D eigenvalue weighted by Crippen LogP contribution is 2.33. The minimum Gasteiger partial charge on any atom is -0.444 e. The number of nitrogens with zero attached hydrogens (tertiary/aromatic N) is 1. The van der Waals surface area contributed by atoms with Crippen molar-refractivity contribution >= 4 is 22.0 Å². The molecule has 0 bridgehead atoms. The fourth-order valence-electron chi connectivity index (χ4n) is 2.38. The summed E-state index contributed by atoms with van der Waals surface area (Å²) in [6, 6.07) is 3.12. The molecule has 5 heteroatoms. The molecular formula is C15H19BrFNO2. The molecule has 3 nitrogen and oxygen atoms in total. The summed E-state index contributed by atoms with van der Waals surface area (Å²) in [7, 11) is 0. The van der Waals surface area contributed by atoms with Crippen molar-refractivity contribution in [3.05, 3.63) is 33.5 Å². The second kappa shape index (κ2) is 5.35. The molecule has 1 aromatic carbocycles. The molecule has 0 aromatic heterocycles. The molecule has 1 aliphatic rings. The first-order valence-electron chi connectivity index (χ1n) is 6.66. The Morgan fingerprint density at radius 3 is 2.70 bits per heavy atom. The third-order valence-electron chi connectivity index (χ3n) is 3.35. The summed E-state index contributed by atoms with van der Waals surface area (Å²) in [6.07, 6.45) is 0.358. The number of rotatable bonds is 0. The Balaban J connectivity index is 2.25. The van der Waals surface area contributed by atoms with Gasteiger partial charge in [-0.25, -0.2) is 9.18 Å². The molecule has 1 amide bonds. The maximum Gasteiger partial charge on any atom is 0.410 e. The standard InChI is InChI=1S/C15H19BrFNO2/c1-9-11-8-13(17)12(16)7-10(11)5-6-18(9)14(19)20-15(2,3)4/h7-9H,5-6H2,1-4H3. The molecule has 1 aliphatic heterocycles.